The van der Waals surface area contributed by atoms with Gasteiger partial charge in [-0.25, -0.2) is 0 Å². The van der Waals surface area contributed by atoms with E-state index >= 15 is 0 Å². The second kappa shape index (κ2) is 8.11. The summed E-state index contributed by atoms with van der Waals surface area (Å²) in [7, 11) is 0. The van der Waals surface area contributed by atoms with Gasteiger partial charge in [0.2, 0.25) is 0 Å². The first kappa shape index (κ1) is 15.1. The van der Waals surface area contributed by atoms with Crippen molar-refractivity contribution >= 4 is 6.29 Å². The van der Waals surface area contributed by atoms with Crippen molar-refractivity contribution in [2.45, 2.75) is 12.7 Å². The molecule has 0 saturated carbocycles. The maximum Gasteiger partial charge on any atom is 0.151 e. The third kappa shape index (κ3) is 4.38. The summed E-state index contributed by atoms with van der Waals surface area (Å²) >= 11 is 0. The van der Waals surface area contributed by atoms with Crippen molar-refractivity contribution in [2.75, 3.05) is 39.3 Å². The molecule has 0 spiro atoms. The van der Waals surface area contributed by atoms with E-state index in [1.165, 1.54) is 5.56 Å². The Hall–Kier alpha value is -1.27. The van der Waals surface area contributed by atoms with E-state index in [9.17, 15) is 4.79 Å². The van der Waals surface area contributed by atoms with E-state index in [4.69, 9.17) is 5.11 Å². The quantitative estimate of drug-likeness (QED) is 0.682. The first-order valence-electron chi connectivity index (χ1n) is 7.13. The average molecular weight is 277 g/mol. The average Bonchev–Trinajstić information content (AvgIpc) is 2.51. The van der Waals surface area contributed by atoms with E-state index in [2.05, 4.69) is 15.1 Å². The number of β-amino-alcohol motifs (C(OH)–C–C–N with tert-alkyl or cyclic N) is 1. The fraction of sp³-hybridized carbons (Fsp3) is 0.533. The third-order valence-electron chi connectivity index (χ3n) is 3.70. The first-order chi connectivity index (χ1) is 9.83. The highest BCUT2D eigenvalue weighted by atomic mass is 16.3. The summed E-state index contributed by atoms with van der Waals surface area (Å²) in [5.74, 6) is 0. The number of piperazine rings is 1. The maximum atomic E-state index is 11.3. The van der Waals surface area contributed by atoms with Crippen LogP contribution in [0, 0.1) is 0 Å². The molecule has 20 heavy (non-hydrogen) atoms. The second-order valence-corrected chi connectivity index (χ2v) is 5.05. The molecule has 110 valence electrons. The Labute approximate surface area is 120 Å². The Balaban J connectivity index is 1.79. The van der Waals surface area contributed by atoms with Crippen molar-refractivity contribution in [1.82, 2.24) is 15.1 Å². The Morgan fingerprint density at radius 3 is 2.50 bits per heavy atom. The summed E-state index contributed by atoms with van der Waals surface area (Å²) < 4.78 is 0. The molecule has 1 aliphatic rings. The van der Waals surface area contributed by atoms with Crippen molar-refractivity contribution in [3.8, 4) is 0 Å². The Bertz CT molecular complexity index is 391. The molecule has 1 heterocycles. The van der Waals surface area contributed by atoms with Crippen molar-refractivity contribution < 1.29 is 9.90 Å². The van der Waals surface area contributed by atoms with Gasteiger partial charge in [0.25, 0.3) is 0 Å². The van der Waals surface area contributed by atoms with Crippen LogP contribution < -0.4 is 5.32 Å². The number of aldehydes is 1. The van der Waals surface area contributed by atoms with Gasteiger partial charge in [-0.2, -0.15) is 0 Å². The van der Waals surface area contributed by atoms with Crippen LogP contribution in [0.4, 0.5) is 0 Å². The topological polar surface area (TPSA) is 55.8 Å². The number of nitrogens with one attached hydrogen (secondary N) is 1. The highest BCUT2D eigenvalue weighted by molar-refractivity contribution is 5.56. The predicted molar refractivity (Wildman–Crippen MR) is 78.2 cm³/mol. The molecule has 1 aliphatic heterocycles. The van der Waals surface area contributed by atoms with Gasteiger partial charge in [-0.05, 0) is 5.56 Å². The lowest BCUT2D eigenvalue weighted by molar-refractivity contribution is -0.114. The number of hydrogen-bond donors (Lipinski definition) is 2. The van der Waals surface area contributed by atoms with Crippen molar-refractivity contribution in [3.05, 3.63) is 35.9 Å². The Kier molecular flexibility index (Phi) is 6.14. The fourth-order valence-electron chi connectivity index (χ4n) is 2.49. The monoisotopic (exact) mass is 277 g/mol. The highest BCUT2D eigenvalue weighted by Crippen LogP contribution is 2.05. The minimum atomic E-state index is -0.230. The van der Waals surface area contributed by atoms with Gasteiger partial charge in [0.05, 0.1) is 6.61 Å². The number of aliphatic hydroxyl groups is 1. The van der Waals surface area contributed by atoms with Crippen LogP contribution in [0.3, 0.4) is 0 Å². The van der Waals surface area contributed by atoms with Crippen LogP contribution in [0.1, 0.15) is 5.56 Å². The molecule has 1 atom stereocenters. The van der Waals surface area contributed by atoms with Crippen molar-refractivity contribution in [1.29, 1.82) is 0 Å². The molecular weight excluding hydrogens is 254 g/mol. The summed E-state index contributed by atoms with van der Waals surface area (Å²) in [6.45, 7) is 5.12. The van der Waals surface area contributed by atoms with E-state index < -0.39 is 0 Å². The van der Waals surface area contributed by atoms with E-state index in [0.717, 1.165) is 39.0 Å². The maximum absolute atomic E-state index is 11.3. The van der Waals surface area contributed by atoms with Gasteiger partial charge < -0.3 is 9.90 Å². The van der Waals surface area contributed by atoms with Crippen molar-refractivity contribution in [3.63, 3.8) is 0 Å². The number of aliphatic hydroxyl groups excluding tert-OH is 1. The van der Waals surface area contributed by atoms with Gasteiger partial charge in [-0.3, -0.25) is 15.1 Å². The number of nitrogens with zero attached hydrogens (tertiary/aromatic N) is 2. The molecule has 2 N–H and O–H groups in total. The number of rotatable bonds is 7. The molecule has 1 saturated heterocycles. The van der Waals surface area contributed by atoms with Gasteiger partial charge in [-0.15, -0.1) is 0 Å². The standard InChI is InChI=1S/C15H23N3O2/c19-11-10-17-6-8-18(9-7-17)15(13-20)16-12-14-4-2-1-3-5-14/h1-5,13,15-16,19H,6-12H2. The zero-order valence-corrected chi connectivity index (χ0v) is 11.7. The minimum absolute atomic E-state index is 0.198. The molecule has 0 aliphatic carbocycles. The zero-order valence-electron chi connectivity index (χ0n) is 11.7. The van der Waals surface area contributed by atoms with Crippen LogP contribution >= 0.6 is 0 Å². The smallest absolute Gasteiger partial charge is 0.151 e. The number of carbonyl (C=O) groups excluding carboxylic acids is 1. The van der Waals surface area contributed by atoms with Crippen LogP contribution in [-0.2, 0) is 11.3 Å². The molecule has 2 rings (SSSR count). The normalized spacial score (nSPS) is 18.9. The summed E-state index contributed by atoms with van der Waals surface area (Å²) in [5.41, 5.74) is 1.18. The van der Waals surface area contributed by atoms with E-state index in [1.54, 1.807) is 0 Å². The molecular formula is C15H23N3O2. The third-order valence-corrected chi connectivity index (χ3v) is 3.70. The van der Waals surface area contributed by atoms with Gasteiger partial charge in [0.15, 0.2) is 6.29 Å². The molecule has 1 aromatic rings. The summed E-state index contributed by atoms with van der Waals surface area (Å²) in [6.07, 6.45) is 0.747. The van der Waals surface area contributed by atoms with Gasteiger partial charge in [-0.1, -0.05) is 30.3 Å². The Morgan fingerprint density at radius 2 is 1.90 bits per heavy atom. The molecule has 1 aromatic carbocycles. The lowest BCUT2D eigenvalue weighted by Gasteiger charge is -2.37. The number of benzene rings is 1. The predicted octanol–water partition coefficient (Wildman–Crippen LogP) is -0.0889. The van der Waals surface area contributed by atoms with Crippen LogP contribution in [0.5, 0.6) is 0 Å². The molecule has 1 unspecified atom stereocenters. The van der Waals surface area contributed by atoms with Crippen LogP contribution in [-0.4, -0.2) is 66.7 Å². The second-order valence-electron chi connectivity index (χ2n) is 5.05. The summed E-state index contributed by atoms with van der Waals surface area (Å²) in [6, 6.07) is 10.1. The number of carbonyl (C=O) groups is 1. The van der Waals surface area contributed by atoms with Gasteiger partial charge >= 0.3 is 0 Å². The molecule has 1 fully saturated rings. The van der Waals surface area contributed by atoms with Crippen molar-refractivity contribution in [2.24, 2.45) is 0 Å². The first-order valence-corrected chi connectivity index (χ1v) is 7.13. The largest absolute Gasteiger partial charge is 0.395 e. The fourth-order valence-corrected chi connectivity index (χ4v) is 2.49. The molecule has 5 nitrogen and oxygen atoms in total. The molecule has 0 amide bonds. The lowest BCUT2D eigenvalue weighted by atomic mass is 10.2. The number of hydrogen-bond acceptors (Lipinski definition) is 5. The summed E-state index contributed by atoms with van der Waals surface area (Å²) in [4.78, 5) is 15.6. The molecule has 0 aromatic heterocycles. The molecule has 0 radical (unpaired) electrons. The van der Waals surface area contributed by atoms with Gasteiger partial charge in [0.1, 0.15) is 6.17 Å². The van der Waals surface area contributed by atoms with E-state index in [-0.39, 0.29) is 12.8 Å². The summed E-state index contributed by atoms with van der Waals surface area (Å²) in [5, 5.41) is 12.2. The van der Waals surface area contributed by atoms with Gasteiger partial charge in [0, 0.05) is 39.3 Å². The minimum Gasteiger partial charge on any atom is -0.395 e. The lowest BCUT2D eigenvalue weighted by Crippen LogP contribution is -2.55. The molecule has 5 heteroatoms. The van der Waals surface area contributed by atoms with Crippen LogP contribution in [0.2, 0.25) is 0 Å². The van der Waals surface area contributed by atoms with E-state index in [1.807, 2.05) is 30.3 Å². The SMILES string of the molecule is O=CC(NCc1ccccc1)N1CCN(CCO)CC1. The zero-order chi connectivity index (χ0) is 14.2. The Morgan fingerprint density at radius 1 is 1.20 bits per heavy atom. The van der Waals surface area contributed by atoms with E-state index in [0.29, 0.717) is 6.54 Å². The molecule has 0 bridgehead atoms. The van der Waals surface area contributed by atoms with Crippen LogP contribution in [0.25, 0.3) is 0 Å². The highest BCUT2D eigenvalue weighted by Gasteiger charge is 2.22. The van der Waals surface area contributed by atoms with Crippen LogP contribution in [0.15, 0.2) is 30.3 Å².